The van der Waals surface area contributed by atoms with Crippen LogP contribution in [-0.2, 0) is 0 Å². The fraction of sp³-hybridized carbons (Fsp3) is 0.0588. The quantitative estimate of drug-likeness (QED) is 0.451. The summed E-state index contributed by atoms with van der Waals surface area (Å²) in [5.41, 5.74) is 1.68. The lowest BCUT2D eigenvalue weighted by Gasteiger charge is -2.06. The molecule has 0 bridgehead atoms. The smallest absolute Gasteiger partial charge is 0.172 e. The number of phenolic OH excluding ortho intramolecular Hbond substituents is 1. The van der Waals surface area contributed by atoms with Gasteiger partial charge in [0.1, 0.15) is 6.07 Å². The monoisotopic (exact) mass is 418 g/mol. The number of aromatic hydroxyl groups is 1. The summed E-state index contributed by atoms with van der Waals surface area (Å²) in [6, 6.07) is 13.5. The summed E-state index contributed by atoms with van der Waals surface area (Å²) >= 11 is 6.15. The number of ether oxygens (including phenoxy) is 1. The Balaban J connectivity index is 1.92. The average Bonchev–Trinajstić information content (AvgIpc) is 2.99. The zero-order valence-corrected chi connectivity index (χ0v) is 15.7. The molecular weight excluding hydrogens is 408 g/mol. The van der Waals surface area contributed by atoms with Crippen LogP contribution in [-0.4, -0.2) is 17.2 Å². The van der Waals surface area contributed by atoms with Crippen LogP contribution in [0, 0.1) is 11.3 Å². The molecule has 0 fully saturated rings. The van der Waals surface area contributed by atoms with Crippen molar-refractivity contribution in [2.45, 2.75) is 4.34 Å². The molecule has 1 N–H and O–H groups in total. The van der Waals surface area contributed by atoms with Crippen LogP contribution in [0.25, 0.3) is 16.3 Å². The van der Waals surface area contributed by atoms with Gasteiger partial charge in [0.25, 0.3) is 0 Å². The Kier molecular flexibility index (Phi) is 5.09. The van der Waals surface area contributed by atoms with Gasteiger partial charge in [-0.25, -0.2) is 4.98 Å². The number of nitrogens with zero attached hydrogens (tertiary/aromatic N) is 2. The van der Waals surface area contributed by atoms with Crippen molar-refractivity contribution in [1.29, 1.82) is 5.26 Å². The largest absolute Gasteiger partial charge is 0.503 e. The molecule has 7 heteroatoms. The van der Waals surface area contributed by atoms with Crippen LogP contribution in [0.4, 0.5) is 0 Å². The molecule has 0 amide bonds. The number of fused-ring (bicyclic) bond motifs is 1. The molecule has 1 heterocycles. The van der Waals surface area contributed by atoms with E-state index in [0.29, 0.717) is 15.1 Å². The second-order valence-electron chi connectivity index (χ2n) is 4.72. The summed E-state index contributed by atoms with van der Waals surface area (Å²) in [6.07, 6.45) is 1.74. The van der Waals surface area contributed by atoms with Crippen LogP contribution in [0.3, 0.4) is 0 Å². The maximum Gasteiger partial charge on any atom is 0.172 e. The van der Waals surface area contributed by atoms with Gasteiger partial charge in [-0.1, -0.05) is 12.1 Å². The van der Waals surface area contributed by atoms with E-state index in [4.69, 9.17) is 4.74 Å². The second-order valence-corrected chi connectivity index (χ2v) is 7.90. The first-order valence-corrected chi connectivity index (χ1v) is 9.25. The molecular formula is C17H11BrN2O2S2. The highest BCUT2D eigenvalue weighted by Crippen LogP contribution is 2.38. The fourth-order valence-corrected chi connectivity index (χ4v) is 4.49. The van der Waals surface area contributed by atoms with Gasteiger partial charge >= 0.3 is 0 Å². The Morgan fingerprint density at radius 3 is 2.92 bits per heavy atom. The highest BCUT2D eigenvalue weighted by atomic mass is 79.9. The third kappa shape index (κ3) is 3.56. The van der Waals surface area contributed by atoms with Gasteiger partial charge in [-0.05, 0) is 63.6 Å². The van der Waals surface area contributed by atoms with Gasteiger partial charge in [-0.3, -0.25) is 0 Å². The third-order valence-corrected chi connectivity index (χ3v) is 5.78. The lowest BCUT2D eigenvalue weighted by molar-refractivity contribution is 0.372. The van der Waals surface area contributed by atoms with Crippen molar-refractivity contribution < 1.29 is 9.84 Å². The van der Waals surface area contributed by atoms with Crippen LogP contribution in [0.15, 0.2) is 50.1 Å². The molecule has 2 aromatic carbocycles. The molecule has 0 spiro atoms. The average molecular weight is 419 g/mol. The number of rotatable bonds is 4. The van der Waals surface area contributed by atoms with Crippen LogP contribution >= 0.6 is 39.0 Å². The molecule has 0 saturated carbocycles. The van der Waals surface area contributed by atoms with Crippen LogP contribution in [0.1, 0.15) is 5.56 Å². The molecule has 24 heavy (non-hydrogen) atoms. The maximum atomic E-state index is 9.86. The predicted octanol–water partition coefficient (Wildman–Crippen LogP) is 5.43. The molecule has 4 nitrogen and oxygen atoms in total. The van der Waals surface area contributed by atoms with E-state index in [0.717, 1.165) is 20.1 Å². The van der Waals surface area contributed by atoms with E-state index in [-0.39, 0.29) is 5.75 Å². The summed E-state index contributed by atoms with van der Waals surface area (Å²) in [5, 5.41) is 19.3. The lowest BCUT2D eigenvalue weighted by Crippen LogP contribution is -1.86. The van der Waals surface area contributed by atoms with Gasteiger partial charge in [-0.2, -0.15) is 5.26 Å². The lowest BCUT2D eigenvalue weighted by atomic mass is 10.2. The van der Waals surface area contributed by atoms with Gasteiger partial charge in [0.15, 0.2) is 15.8 Å². The van der Waals surface area contributed by atoms with Crippen molar-refractivity contribution in [3.63, 3.8) is 0 Å². The number of halogens is 1. The fourth-order valence-electron chi connectivity index (χ4n) is 2.06. The van der Waals surface area contributed by atoms with Gasteiger partial charge < -0.3 is 9.84 Å². The van der Waals surface area contributed by atoms with Crippen molar-refractivity contribution in [3.8, 4) is 17.6 Å². The van der Waals surface area contributed by atoms with Gasteiger partial charge in [-0.15, -0.1) is 11.3 Å². The topological polar surface area (TPSA) is 66.1 Å². The Labute approximate surface area is 155 Å². The Morgan fingerprint density at radius 2 is 2.21 bits per heavy atom. The van der Waals surface area contributed by atoms with E-state index < -0.39 is 0 Å². The standard InChI is InChI=1S/C17H11BrN2O2S2/c1-22-14-8-10(7-12(18)16(14)21)6-11(9-19)23-17-20-13-4-2-3-5-15(13)24-17/h2-8,21H,1H3. The molecule has 0 radical (unpaired) electrons. The molecule has 0 saturated heterocycles. The molecule has 0 unspecified atom stereocenters. The number of allylic oxidation sites excluding steroid dienone is 1. The van der Waals surface area contributed by atoms with Crippen molar-refractivity contribution in [2.75, 3.05) is 7.11 Å². The Morgan fingerprint density at radius 1 is 1.42 bits per heavy atom. The molecule has 0 aliphatic rings. The van der Waals surface area contributed by atoms with E-state index in [9.17, 15) is 10.4 Å². The number of methoxy groups -OCH3 is 1. The van der Waals surface area contributed by atoms with Crippen molar-refractivity contribution in [1.82, 2.24) is 4.98 Å². The van der Waals surface area contributed by atoms with Gasteiger partial charge in [0.2, 0.25) is 0 Å². The number of aromatic nitrogens is 1. The predicted molar refractivity (Wildman–Crippen MR) is 101 cm³/mol. The minimum absolute atomic E-state index is 0.0342. The highest BCUT2D eigenvalue weighted by molar-refractivity contribution is 9.10. The highest BCUT2D eigenvalue weighted by Gasteiger charge is 2.10. The first kappa shape index (κ1) is 16.8. The molecule has 1 aromatic heterocycles. The van der Waals surface area contributed by atoms with Crippen molar-refractivity contribution >= 4 is 55.3 Å². The van der Waals surface area contributed by atoms with Crippen LogP contribution in [0.5, 0.6) is 11.5 Å². The molecule has 0 aliphatic heterocycles. The summed E-state index contributed by atoms with van der Waals surface area (Å²) in [7, 11) is 1.48. The first-order chi connectivity index (χ1) is 11.6. The van der Waals surface area contributed by atoms with E-state index in [1.165, 1.54) is 18.9 Å². The summed E-state index contributed by atoms with van der Waals surface area (Å²) in [6.45, 7) is 0. The zero-order valence-electron chi connectivity index (χ0n) is 12.5. The molecule has 3 aromatic rings. The maximum absolute atomic E-state index is 9.86. The summed E-state index contributed by atoms with van der Waals surface area (Å²) < 4.78 is 7.54. The second kappa shape index (κ2) is 7.26. The Bertz CT molecular complexity index is 943. The van der Waals surface area contributed by atoms with Gasteiger partial charge in [0, 0.05) is 0 Å². The molecule has 3 rings (SSSR count). The normalized spacial score (nSPS) is 11.5. The van der Waals surface area contributed by atoms with E-state index in [1.807, 2.05) is 24.3 Å². The van der Waals surface area contributed by atoms with Crippen molar-refractivity contribution in [3.05, 3.63) is 51.3 Å². The number of hydrogen-bond acceptors (Lipinski definition) is 6. The third-order valence-electron chi connectivity index (χ3n) is 3.15. The van der Waals surface area contributed by atoms with Crippen molar-refractivity contribution in [2.24, 2.45) is 0 Å². The number of benzene rings is 2. The molecule has 120 valence electrons. The van der Waals surface area contributed by atoms with E-state index in [1.54, 1.807) is 29.5 Å². The minimum atomic E-state index is 0.0342. The van der Waals surface area contributed by atoms with Crippen LogP contribution < -0.4 is 4.74 Å². The van der Waals surface area contributed by atoms with E-state index in [2.05, 4.69) is 27.0 Å². The number of thioether (sulfide) groups is 1. The Hall–Kier alpha value is -2.01. The summed E-state index contributed by atoms with van der Waals surface area (Å²) in [5.74, 6) is 0.380. The van der Waals surface area contributed by atoms with E-state index >= 15 is 0 Å². The first-order valence-electron chi connectivity index (χ1n) is 6.82. The van der Waals surface area contributed by atoms with Gasteiger partial charge in [0.05, 0.1) is 26.7 Å². The number of nitriles is 1. The molecule has 0 aliphatic carbocycles. The number of thiazole rings is 1. The number of hydrogen-bond donors (Lipinski definition) is 1. The zero-order chi connectivity index (χ0) is 17.1. The van der Waals surface area contributed by atoms with Crippen LogP contribution in [0.2, 0.25) is 0 Å². The SMILES string of the molecule is COc1cc(C=C(C#N)Sc2nc3ccccc3s2)cc(Br)c1O. The minimum Gasteiger partial charge on any atom is -0.503 e. The number of phenols is 1. The summed E-state index contributed by atoms with van der Waals surface area (Å²) in [4.78, 5) is 5.03. The molecule has 0 atom stereocenters. The number of para-hydroxylation sites is 1.